The number of fused-ring (bicyclic) bond motifs is 4. The molecule has 1 aliphatic rings. The van der Waals surface area contributed by atoms with E-state index in [1.54, 1.807) is 0 Å². The molecule has 0 spiro atoms. The maximum atomic E-state index is 4.29. The second-order valence-electron chi connectivity index (χ2n) is 9.90. The molecule has 5 aromatic carbocycles. The quantitative estimate of drug-likeness (QED) is 0.235. The van der Waals surface area contributed by atoms with E-state index in [1.807, 2.05) is 0 Å². The summed E-state index contributed by atoms with van der Waals surface area (Å²) in [5, 5.41) is 2.56. The van der Waals surface area contributed by atoms with Gasteiger partial charge in [0.25, 0.3) is 0 Å². The Balaban J connectivity index is 1.23. The highest BCUT2D eigenvalue weighted by molar-refractivity contribution is 6.09. The third kappa shape index (κ3) is 4.07. The fourth-order valence-electron chi connectivity index (χ4n) is 5.67. The first-order chi connectivity index (χ1) is 19.3. The van der Waals surface area contributed by atoms with E-state index in [-0.39, 0.29) is 0 Å². The average molecular weight is 501 g/mol. The van der Waals surface area contributed by atoms with Gasteiger partial charge < -0.3 is 9.47 Å². The van der Waals surface area contributed by atoms with Crippen molar-refractivity contribution in [1.82, 2.24) is 4.57 Å². The molecule has 2 heteroatoms. The van der Waals surface area contributed by atoms with Crippen molar-refractivity contribution >= 4 is 38.8 Å². The van der Waals surface area contributed by atoms with Crippen molar-refractivity contribution in [2.75, 3.05) is 11.4 Å². The lowest BCUT2D eigenvalue weighted by atomic mass is 10.0. The normalized spacial score (nSPS) is 15.0. The molecule has 0 unspecified atom stereocenters. The molecular formula is C37H28N2. The van der Waals surface area contributed by atoms with Gasteiger partial charge >= 0.3 is 0 Å². The molecule has 2 nitrogen and oxygen atoms in total. The highest BCUT2D eigenvalue weighted by atomic mass is 15.1. The van der Waals surface area contributed by atoms with Gasteiger partial charge in [0.1, 0.15) is 0 Å². The van der Waals surface area contributed by atoms with Gasteiger partial charge in [0.2, 0.25) is 0 Å². The molecule has 1 aromatic heterocycles. The third-order valence-corrected chi connectivity index (χ3v) is 7.59. The van der Waals surface area contributed by atoms with Crippen molar-refractivity contribution in [3.05, 3.63) is 158 Å². The highest BCUT2D eigenvalue weighted by Gasteiger charge is 2.15. The largest absolute Gasteiger partial charge is 0.337 e. The molecule has 39 heavy (non-hydrogen) atoms. The standard InChI is InChI=1S/C37H28N2/c1-27-11-3-2-10-26-38(35-15-7-4-12-32(27)35)30-22-18-28(19-23-30)29-20-24-31(25-21-29)39-36-16-8-5-13-33(36)34-14-6-9-17-37(34)39/h2-25H,1,26H2/b10-2-,11-3-. The number of aromatic nitrogens is 1. The summed E-state index contributed by atoms with van der Waals surface area (Å²) in [7, 11) is 0. The van der Waals surface area contributed by atoms with Gasteiger partial charge in [-0.15, -0.1) is 0 Å². The first-order valence-electron chi connectivity index (χ1n) is 13.4. The zero-order chi connectivity index (χ0) is 26.2. The minimum absolute atomic E-state index is 0.793. The molecule has 1 aliphatic heterocycles. The molecular weight excluding hydrogens is 472 g/mol. The van der Waals surface area contributed by atoms with Crippen molar-refractivity contribution in [3.8, 4) is 16.8 Å². The molecule has 0 amide bonds. The summed E-state index contributed by atoms with van der Waals surface area (Å²) in [6.45, 7) is 5.08. The molecule has 0 aliphatic carbocycles. The second-order valence-corrected chi connectivity index (χ2v) is 9.90. The molecule has 0 N–H and O–H groups in total. The molecule has 6 aromatic rings. The second kappa shape index (κ2) is 9.66. The number of rotatable bonds is 3. The fraction of sp³-hybridized carbons (Fsp3) is 0.0270. The van der Waals surface area contributed by atoms with Gasteiger partial charge in [0.15, 0.2) is 0 Å². The lowest BCUT2D eigenvalue weighted by molar-refractivity contribution is 1.09. The Morgan fingerprint density at radius 3 is 1.77 bits per heavy atom. The summed E-state index contributed by atoms with van der Waals surface area (Å²) in [4.78, 5) is 2.35. The van der Waals surface area contributed by atoms with E-state index in [4.69, 9.17) is 0 Å². The van der Waals surface area contributed by atoms with Crippen molar-refractivity contribution in [3.63, 3.8) is 0 Å². The number of nitrogens with zero attached hydrogens (tertiary/aromatic N) is 2. The van der Waals surface area contributed by atoms with Gasteiger partial charge in [0, 0.05) is 39.9 Å². The Hall–Kier alpha value is -5.08. The Labute approximate surface area is 229 Å². The number of allylic oxidation sites excluding steroid dienone is 4. The number of hydrogen-bond acceptors (Lipinski definition) is 1. The summed E-state index contributed by atoms with van der Waals surface area (Å²) < 4.78 is 2.36. The summed E-state index contributed by atoms with van der Waals surface area (Å²) in [5.41, 5.74) is 10.5. The number of hydrogen-bond donors (Lipinski definition) is 0. The smallest absolute Gasteiger partial charge is 0.0541 e. The van der Waals surface area contributed by atoms with Gasteiger partial charge in [-0.1, -0.05) is 110 Å². The fourth-order valence-corrected chi connectivity index (χ4v) is 5.67. The van der Waals surface area contributed by atoms with Crippen LogP contribution in [0.5, 0.6) is 0 Å². The molecule has 0 bridgehead atoms. The summed E-state index contributed by atoms with van der Waals surface area (Å²) in [6, 6.07) is 43.5. The Morgan fingerprint density at radius 2 is 1.10 bits per heavy atom. The van der Waals surface area contributed by atoms with Gasteiger partial charge in [-0.2, -0.15) is 0 Å². The van der Waals surface area contributed by atoms with Crippen LogP contribution in [-0.2, 0) is 0 Å². The van der Waals surface area contributed by atoms with Crippen LogP contribution in [0.25, 0.3) is 44.2 Å². The zero-order valence-electron chi connectivity index (χ0n) is 21.7. The first kappa shape index (κ1) is 23.1. The van der Waals surface area contributed by atoms with Crippen molar-refractivity contribution in [1.29, 1.82) is 0 Å². The van der Waals surface area contributed by atoms with E-state index >= 15 is 0 Å². The number of para-hydroxylation sites is 3. The molecule has 0 fully saturated rings. The predicted octanol–water partition coefficient (Wildman–Crippen LogP) is 9.73. The minimum Gasteiger partial charge on any atom is -0.337 e. The Morgan fingerprint density at radius 1 is 0.538 bits per heavy atom. The van der Waals surface area contributed by atoms with Gasteiger partial charge in [0.05, 0.1) is 11.0 Å². The Kier molecular flexibility index (Phi) is 5.71. The van der Waals surface area contributed by atoms with Gasteiger partial charge in [-0.3, -0.25) is 0 Å². The maximum absolute atomic E-state index is 4.29. The SMILES string of the molecule is C=C1/C=C\C=C/CN(c2ccc(-c3ccc(-n4c5ccccc5c5ccccc54)cc3)cc2)c2ccccc21. The van der Waals surface area contributed by atoms with Crippen LogP contribution in [0.3, 0.4) is 0 Å². The predicted molar refractivity (Wildman–Crippen MR) is 167 cm³/mol. The average Bonchev–Trinajstić information content (AvgIpc) is 3.36. The topological polar surface area (TPSA) is 8.17 Å². The van der Waals surface area contributed by atoms with E-state index in [2.05, 4.69) is 162 Å². The van der Waals surface area contributed by atoms with E-state index in [0.29, 0.717) is 0 Å². The molecule has 7 rings (SSSR count). The van der Waals surface area contributed by atoms with Crippen LogP contribution in [0.1, 0.15) is 5.56 Å². The van der Waals surface area contributed by atoms with Crippen LogP contribution in [0.15, 0.2) is 152 Å². The molecule has 0 radical (unpaired) electrons. The van der Waals surface area contributed by atoms with Crippen LogP contribution >= 0.6 is 0 Å². The van der Waals surface area contributed by atoms with E-state index in [9.17, 15) is 0 Å². The molecule has 0 saturated carbocycles. The molecule has 186 valence electrons. The lowest BCUT2D eigenvalue weighted by Crippen LogP contribution is -2.18. The molecule has 2 heterocycles. The van der Waals surface area contributed by atoms with Gasteiger partial charge in [-0.05, 0) is 59.2 Å². The zero-order valence-corrected chi connectivity index (χ0v) is 21.7. The molecule has 0 saturated heterocycles. The van der Waals surface area contributed by atoms with E-state index in [1.165, 1.54) is 44.3 Å². The van der Waals surface area contributed by atoms with E-state index in [0.717, 1.165) is 23.4 Å². The maximum Gasteiger partial charge on any atom is 0.0541 e. The van der Waals surface area contributed by atoms with Crippen LogP contribution in [-0.4, -0.2) is 11.1 Å². The van der Waals surface area contributed by atoms with Crippen LogP contribution in [0.2, 0.25) is 0 Å². The Bertz CT molecular complexity index is 1830. The van der Waals surface area contributed by atoms with Crippen LogP contribution < -0.4 is 4.90 Å². The third-order valence-electron chi connectivity index (χ3n) is 7.59. The summed E-state index contributed by atoms with van der Waals surface area (Å²) in [5.74, 6) is 0. The van der Waals surface area contributed by atoms with Gasteiger partial charge in [-0.25, -0.2) is 0 Å². The van der Waals surface area contributed by atoms with Crippen LogP contribution in [0.4, 0.5) is 11.4 Å². The van der Waals surface area contributed by atoms with E-state index < -0.39 is 0 Å². The van der Waals surface area contributed by atoms with Crippen molar-refractivity contribution in [2.24, 2.45) is 0 Å². The summed E-state index contributed by atoms with van der Waals surface area (Å²) in [6.07, 6.45) is 8.42. The highest BCUT2D eigenvalue weighted by Crippen LogP contribution is 2.35. The minimum atomic E-state index is 0.793. The number of benzene rings is 5. The van der Waals surface area contributed by atoms with Crippen molar-refractivity contribution in [2.45, 2.75) is 0 Å². The molecule has 0 atom stereocenters. The summed E-state index contributed by atoms with van der Waals surface area (Å²) >= 11 is 0. The van der Waals surface area contributed by atoms with Crippen LogP contribution in [0, 0.1) is 0 Å². The first-order valence-corrected chi connectivity index (χ1v) is 13.4. The lowest BCUT2D eigenvalue weighted by Gasteiger charge is -2.26. The monoisotopic (exact) mass is 500 g/mol. The van der Waals surface area contributed by atoms with Crippen molar-refractivity contribution < 1.29 is 0 Å². The number of anilines is 2.